The number of aliphatic hydroxyl groups excluding tert-OH is 1. The molecule has 0 saturated heterocycles. The molecule has 0 spiro atoms. The predicted octanol–water partition coefficient (Wildman–Crippen LogP) is 2.77. The Balaban J connectivity index is 2.01. The number of aryl methyl sites for hydroxylation is 2. The van der Waals surface area contributed by atoms with Gasteiger partial charge in [0.2, 0.25) is 0 Å². The van der Waals surface area contributed by atoms with E-state index in [1.165, 1.54) is 0 Å². The zero-order valence-corrected chi connectivity index (χ0v) is 11.8. The van der Waals surface area contributed by atoms with Crippen LogP contribution >= 0.6 is 0 Å². The second kappa shape index (κ2) is 6.35. The monoisotopic (exact) mass is 269 g/mol. The molecule has 0 radical (unpaired) electrons. The van der Waals surface area contributed by atoms with Gasteiger partial charge in [0.25, 0.3) is 5.91 Å². The van der Waals surface area contributed by atoms with Crippen LogP contribution in [0.5, 0.6) is 0 Å². The molecule has 0 bridgehead atoms. The van der Waals surface area contributed by atoms with Crippen LogP contribution in [0.15, 0.2) is 48.5 Å². The Hall–Kier alpha value is -2.13. The fraction of sp³-hybridized carbons (Fsp3) is 0.235. The number of carbonyl (C=O) groups is 1. The molecule has 0 aliphatic heterocycles. The summed E-state index contributed by atoms with van der Waals surface area (Å²) < 4.78 is 0. The third kappa shape index (κ3) is 3.25. The molecule has 0 aliphatic rings. The van der Waals surface area contributed by atoms with Gasteiger partial charge in [0.15, 0.2) is 0 Å². The molecule has 3 heteroatoms. The molecule has 0 saturated carbocycles. The normalized spacial score (nSPS) is 11.9. The van der Waals surface area contributed by atoms with Crippen LogP contribution in [0, 0.1) is 13.8 Å². The van der Waals surface area contributed by atoms with Crippen LogP contribution in [0.2, 0.25) is 0 Å². The molecule has 1 amide bonds. The smallest absolute Gasteiger partial charge is 0.251 e. The van der Waals surface area contributed by atoms with Gasteiger partial charge < -0.3 is 10.4 Å². The number of benzene rings is 2. The Morgan fingerprint density at radius 3 is 2.30 bits per heavy atom. The second-order valence-electron chi connectivity index (χ2n) is 4.90. The van der Waals surface area contributed by atoms with Crippen molar-refractivity contribution in [1.29, 1.82) is 0 Å². The molecule has 0 aromatic heterocycles. The molecular weight excluding hydrogens is 250 g/mol. The summed E-state index contributed by atoms with van der Waals surface area (Å²) in [6.45, 7) is 4.05. The number of rotatable bonds is 4. The molecule has 1 unspecified atom stereocenters. The summed E-state index contributed by atoms with van der Waals surface area (Å²) in [6.07, 6.45) is -0.691. The standard InChI is InChI=1S/C17H19NO2/c1-12-7-3-5-9-14(12)16(19)11-18-17(20)15-10-6-4-8-13(15)2/h3-10,16,19H,11H2,1-2H3,(H,18,20). The van der Waals surface area contributed by atoms with E-state index in [9.17, 15) is 9.90 Å². The van der Waals surface area contributed by atoms with Gasteiger partial charge in [0, 0.05) is 12.1 Å². The SMILES string of the molecule is Cc1ccccc1C(=O)NCC(O)c1ccccc1C. The van der Waals surface area contributed by atoms with Gasteiger partial charge in [-0.15, -0.1) is 0 Å². The second-order valence-corrected chi connectivity index (χ2v) is 4.90. The van der Waals surface area contributed by atoms with E-state index < -0.39 is 6.10 Å². The first kappa shape index (κ1) is 14.3. The van der Waals surface area contributed by atoms with Crippen molar-refractivity contribution >= 4 is 5.91 Å². The number of carbonyl (C=O) groups excluding carboxylic acids is 1. The Morgan fingerprint density at radius 1 is 1.05 bits per heavy atom. The summed E-state index contributed by atoms with van der Waals surface area (Å²) in [5.74, 6) is -0.157. The third-order valence-corrected chi connectivity index (χ3v) is 3.39. The minimum atomic E-state index is -0.691. The lowest BCUT2D eigenvalue weighted by Gasteiger charge is -2.15. The van der Waals surface area contributed by atoms with Crippen molar-refractivity contribution in [2.75, 3.05) is 6.54 Å². The van der Waals surface area contributed by atoms with Gasteiger partial charge in [-0.2, -0.15) is 0 Å². The molecule has 2 N–H and O–H groups in total. The average molecular weight is 269 g/mol. The number of aliphatic hydroxyl groups is 1. The van der Waals surface area contributed by atoms with Crippen molar-refractivity contribution in [2.24, 2.45) is 0 Å². The zero-order valence-electron chi connectivity index (χ0n) is 11.8. The van der Waals surface area contributed by atoms with Crippen molar-refractivity contribution in [3.8, 4) is 0 Å². The largest absolute Gasteiger partial charge is 0.387 e. The first-order valence-electron chi connectivity index (χ1n) is 6.67. The van der Waals surface area contributed by atoms with E-state index in [2.05, 4.69) is 5.32 Å². The molecule has 2 rings (SSSR count). The summed E-state index contributed by atoms with van der Waals surface area (Å²) in [6, 6.07) is 15.0. The topological polar surface area (TPSA) is 49.3 Å². The van der Waals surface area contributed by atoms with Gasteiger partial charge in [-0.05, 0) is 36.6 Å². The van der Waals surface area contributed by atoms with E-state index in [1.54, 1.807) is 6.07 Å². The number of nitrogens with one attached hydrogen (secondary N) is 1. The van der Waals surface area contributed by atoms with Gasteiger partial charge in [0.1, 0.15) is 0 Å². The molecule has 0 fully saturated rings. The van der Waals surface area contributed by atoms with E-state index in [1.807, 2.05) is 56.3 Å². The molecule has 0 heterocycles. The van der Waals surface area contributed by atoms with E-state index in [0.717, 1.165) is 16.7 Å². The molecule has 0 aliphatic carbocycles. The van der Waals surface area contributed by atoms with E-state index >= 15 is 0 Å². The fourth-order valence-electron chi connectivity index (χ4n) is 2.18. The maximum absolute atomic E-state index is 12.1. The van der Waals surface area contributed by atoms with E-state index in [4.69, 9.17) is 0 Å². The highest BCUT2D eigenvalue weighted by molar-refractivity contribution is 5.95. The Morgan fingerprint density at radius 2 is 1.65 bits per heavy atom. The first-order valence-corrected chi connectivity index (χ1v) is 6.67. The Kier molecular flexibility index (Phi) is 4.53. The van der Waals surface area contributed by atoms with Crippen molar-refractivity contribution in [2.45, 2.75) is 20.0 Å². The Bertz CT molecular complexity index is 607. The molecule has 1 atom stereocenters. The fourth-order valence-corrected chi connectivity index (χ4v) is 2.18. The molecule has 2 aromatic carbocycles. The predicted molar refractivity (Wildman–Crippen MR) is 79.7 cm³/mol. The third-order valence-electron chi connectivity index (χ3n) is 3.39. The van der Waals surface area contributed by atoms with Crippen molar-refractivity contribution in [3.63, 3.8) is 0 Å². The lowest BCUT2D eigenvalue weighted by Crippen LogP contribution is -2.29. The molecule has 20 heavy (non-hydrogen) atoms. The van der Waals surface area contributed by atoms with Gasteiger partial charge in [-0.3, -0.25) is 4.79 Å². The van der Waals surface area contributed by atoms with Gasteiger partial charge >= 0.3 is 0 Å². The summed E-state index contributed by atoms with van der Waals surface area (Å²) in [7, 11) is 0. The molecule has 3 nitrogen and oxygen atoms in total. The lowest BCUT2D eigenvalue weighted by molar-refractivity contribution is 0.0915. The minimum Gasteiger partial charge on any atom is -0.387 e. The number of amides is 1. The maximum atomic E-state index is 12.1. The van der Waals surface area contributed by atoms with Crippen molar-refractivity contribution in [3.05, 3.63) is 70.8 Å². The maximum Gasteiger partial charge on any atom is 0.251 e. The van der Waals surface area contributed by atoms with Crippen molar-refractivity contribution in [1.82, 2.24) is 5.32 Å². The molecule has 2 aromatic rings. The van der Waals surface area contributed by atoms with E-state index in [-0.39, 0.29) is 12.5 Å². The van der Waals surface area contributed by atoms with Crippen molar-refractivity contribution < 1.29 is 9.90 Å². The van der Waals surface area contributed by atoms with Gasteiger partial charge in [-0.25, -0.2) is 0 Å². The highest BCUT2D eigenvalue weighted by atomic mass is 16.3. The van der Waals surface area contributed by atoms with E-state index in [0.29, 0.717) is 5.56 Å². The van der Waals surface area contributed by atoms with Crippen LogP contribution in [-0.2, 0) is 0 Å². The Labute approximate surface area is 119 Å². The first-order chi connectivity index (χ1) is 9.59. The number of hydrogen-bond acceptors (Lipinski definition) is 2. The highest BCUT2D eigenvalue weighted by Crippen LogP contribution is 2.16. The highest BCUT2D eigenvalue weighted by Gasteiger charge is 2.13. The van der Waals surface area contributed by atoms with Crippen LogP contribution in [0.25, 0.3) is 0 Å². The average Bonchev–Trinajstić information content (AvgIpc) is 2.45. The lowest BCUT2D eigenvalue weighted by atomic mass is 10.0. The van der Waals surface area contributed by atoms with Gasteiger partial charge in [0.05, 0.1) is 6.10 Å². The number of hydrogen-bond donors (Lipinski definition) is 2. The minimum absolute atomic E-state index is 0.157. The van der Waals surface area contributed by atoms with Crippen LogP contribution in [0.4, 0.5) is 0 Å². The quantitative estimate of drug-likeness (QED) is 0.896. The molecule has 104 valence electrons. The summed E-state index contributed by atoms with van der Waals surface area (Å²) in [4.78, 5) is 12.1. The summed E-state index contributed by atoms with van der Waals surface area (Å²) in [5.41, 5.74) is 3.43. The van der Waals surface area contributed by atoms with Crippen LogP contribution in [-0.4, -0.2) is 17.6 Å². The summed E-state index contributed by atoms with van der Waals surface area (Å²) in [5, 5.41) is 12.9. The van der Waals surface area contributed by atoms with Crippen LogP contribution in [0.1, 0.15) is 33.2 Å². The van der Waals surface area contributed by atoms with Gasteiger partial charge in [-0.1, -0.05) is 42.5 Å². The van der Waals surface area contributed by atoms with Crippen LogP contribution < -0.4 is 5.32 Å². The zero-order chi connectivity index (χ0) is 14.5. The van der Waals surface area contributed by atoms with Crippen LogP contribution in [0.3, 0.4) is 0 Å². The summed E-state index contributed by atoms with van der Waals surface area (Å²) >= 11 is 0. The molecular formula is C17H19NO2.